The van der Waals surface area contributed by atoms with Crippen molar-refractivity contribution in [2.45, 2.75) is 32.1 Å². The van der Waals surface area contributed by atoms with Crippen molar-refractivity contribution in [1.29, 1.82) is 0 Å². The molecule has 0 aromatic carbocycles. The van der Waals surface area contributed by atoms with Crippen molar-refractivity contribution in [3.05, 3.63) is 0 Å². The second kappa shape index (κ2) is 7.38. The van der Waals surface area contributed by atoms with Gasteiger partial charge in [-0.05, 0) is 6.42 Å². The van der Waals surface area contributed by atoms with Crippen LogP contribution < -0.4 is 5.32 Å². The third-order valence-corrected chi connectivity index (χ3v) is 1.64. The van der Waals surface area contributed by atoms with Crippen LogP contribution in [0.4, 0.5) is 0 Å². The zero-order valence-electron chi connectivity index (χ0n) is 8.56. The first-order chi connectivity index (χ1) is 7.41. The lowest BCUT2D eigenvalue weighted by Crippen LogP contribution is -2.18. The molecule has 0 aromatic heterocycles. The zero-order valence-corrected chi connectivity index (χ0v) is 8.56. The summed E-state index contributed by atoms with van der Waals surface area (Å²) >= 11 is 0. The molecule has 1 saturated heterocycles. The number of hydrogen-bond acceptors (Lipinski definition) is 4. The van der Waals surface area contributed by atoms with E-state index in [0.717, 1.165) is 0 Å². The van der Waals surface area contributed by atoms with Crippen molar-refractivity contribution < 1.29 is 29.4 Å². The number of amides is 2. The van der Waals surface area contributed by atoms with Crippen molar-refractivity contribution in [3.8, 4) is 0 Å². The fraction of sp³-hybridized carbons (Fsp3) is 0.556. The Bertz CT molecular complexity index is 270. The summed E-state index contributed by atoms with van der Waals surface area (Å²) in [5.41, 5.74) is 0. The maximum Gasteiger partial charge on any atom is 0.303 e. The van der Waals surface area contributed by atoms with Gasteiger partial charge in [-0.1, -0.05) is 0 Å². The van der Waals surface area contributed by atoms with Crippen LogP contribution in [0.3, 0.4) is 0 Å². The van der Waals surface area contributed by atoms with E-state index in [9.17, 15) is 19.2 Å². The van der Waals surface area contributed by atoms with Crippen molar-refractivity contribution in [1.82, 2.24) is 5.32 Å². The second-order valence-corrected chi connectivity index (χ2v) is 3.11. The molecule has 0 aliphatic carbocycles. The Hall–Kier alpha value is -1.92. The van der Waals surface area contributed by atoms with Gasteiger partial charge >= 0.3 is 11.9 Å². The van der Waals surface area contributed by atoms with E-state index in [1.807, 2.05) is 0 Å². The Morgan fingerprint density at radius 2 is 1.38 bits per heavy atom. The number of carboxylic acids is 2. The van der Waals surface area contributed by atoms with Gasteiger partial charge in [0.05, 0.1) is 0 Å². The fourth-order valence-electron chi connectivity index (χ4n) is 0.898. The number of aliphatic carboxylic acids is 2. The maximum absolute atomic E-state index is 10.1. The van der Waals surface area contributed by atoms with E-state index in [-0.39, 0.29) is 31.1 Å². The Morgan fingerprint density at radius 3 is 1.56 bits per heavy atom. The highest BCUT2D eigenvalue weighted by Gasteiger charge is 2.15. The van der Waals surface area contributed by atoms with Crippen LogP contribution in [0.1, 0.15) is 32.1 Å². The molecule has 2 amide bonds. The van der Waals surface area contributed by atoms with Crippen molar-refractivity contribution in [2.75, 3.05) is 0 Å². The first-order valence-corrected chi connectivity index (χ1v) is 4.68. The van der Waals surface area contributed by atoms with Gasteiger partial charge in [0.2, 0.25) is 11.8 Å². The molecule has 1 aliphatic rings. The molecule has 0 spiro atoms. The Morgan fingerprint density at radius 1 is 1.00 bits per heavy atom. The van der Waals surface area contributed by atoms with Gasteiger partial charge in [0, 0.05) is 25.7 Å². The molecule has 1 rings (SSSR count). The lowest BCUT2D eigenvalue weighted by Gasteiger charge is -1.89. The second-order valence-electron chi connectivity index (χ2n) is 3.11. The molecular formula is C9H13NO6. The Kier molecular flexibility index (Phi) is 6.50. The minimum atomic E-state index is -0.948. The average molecular weight is 231 g/mol. The quantitative estimate of drug-likeness (QED) is 0.573. The molecular weight excluding hydrogens is 218 g/mol. The van der Waals surface area contributed by atoms with Gasteiger partial charge in [-0.2, -0.15) is 0 Å². The largest absolute Gasteiger partial charge is 0.481 e. The van der Waals surface area contributed by atoms with E-state index in [2.05, 4.69) is 5.32 Å². The van der Waals surface area contributed by atoms with Crippen molar-refractivity contribution in [2.24, 2.45) is 0 Å². The van der Waals surface area contributed by atoms with Crippen molar-refractivity contribution >= 4 is 23.8 Å². The summed E-state index contributed by atoms with van der Waals surface area (Å²) in [5, 5.41) is 18.2. The van der Waals surface area contributed by atoms with Crippen LogP contribution in [0.5, 0.6) is 0 Å². The van der Waals surface area contributed by atoms with Gasteiger partial charge in [0.25, 0.3) is 0 Å². The number of nitrogens with one attached hydrogen (secondary N) is 1. The Labute approximate surface area is 91.4 Å². The summed E-state index contributed by atoms with van der Waals surface area (Å²) in [6.45, 7) is 0. The minimum Gasteiger partial charge on any atom is -0.481 e. The fourth-order valence-corrected chi connectivity index (χ4v) is 0.898. The number of hydrogen-bond donors (Lipinski definition) is 3. The first kappa shape index (κ1) is 14.1. The van der Waals surface area contributed by atoms with E-state index in [0.29, 0.717) is 12.8 Å². The summed E-state index contributed by atoms with van der Waals surface area (Å²) in [7, 11) is 0. The third-order valence-electron chi connectivity index (χ3n) is 1.64. The minimum absolute atomic E-state index is 0.0632. The van der Waals surface area contributed by atoms with Crippen LogP contribution in [0.2, 0.25) is 0 Å². The van der Waals surface area contributed by atoms with Crippen LogP contribution in [0.25, 0.3) is 0 Å². The lowest BCUT2D eigenvalue weighted by molar-refractivity contribution is -0.138. The zero-order chi connectivity index (χ0) is 12.6. The van der Waals surface area contributed by atoms with Gasteiger partial charge in [-0.25, -0.2) is 0 Å². The molecule has 1 aliphatic heterocycles. The third kappa shape index (κ3) is 8.67. The van der Waals surface area contributed by atoms with E-state index in [1.165, 1.54) is 0 Å². The molecule has 0 aromatic rings. The van der Waals surface area contributed by atoms with Gasteiger partial charge in [-0.3, -0.25) is 24.5 Å². The van der Waals surface area contributed by atoms with Gasteiger partial charge in [-0.15, -0.1) is 0 Å². The van der Waals surface area contributed by atoms with Gasteiger partial charge in [0.1, 0.15) is 0 Å². The van der Waals surface area contributed by atoms with Gasteiger partial charge in [0.15, 0.2) is 0 Å². The highest BCUT2D eigenvalue weighted by Crippen LogP contribution is 1.96. The normalized spacial score (nSPS) is 13.8. The molecule has 0 atom stereocenters. The van der Waals surface area contributed by atoms with Crippen LogP contribution in [-0.2, 0) is 19.2 Å². The smallest absolute Gasteiger partial charge is 0.303 e. The Balaban J connectivity index is 0.000000288. The summed E-state index contributed by atoms with van der Waals surface area (Å²) in [4.78, 5) is 39.8. The summed E-state index contributed by atoms with van der Waals surface area (Å²) in [6, 6.07) is 0. The average Bonchev–Trinajstić information content (AvgIpc) is 2.49. The monoisotopic (exact) mass is 231 g/mol. The predicted molar refractivity (Wildman–Crippen MR) is 51.5 cm³/mol. The summed E-state index contributed by atoms with van der Waals surface area (Å²) in [6.07, 6.45) is 0.834. The molecule has 7 heteroatoms. The van der Waals surface area contributed by atoms with E-state index < -0.39 is 11.9 Å². The molecule has 3 N–H and O–H groups in total. The number of rotatable bonds is 4. The number of carbonyl (C=O) groups is 4. The molecule has 0 saturated carbocycles. The molecule has 0 radical (unpaired) electrons. The SMILES string of the molecule is O=C(O)CCCC(=O)O.O=C1CCC(=O)N1. The molecule has 0 bridgehead atoms. The van der Waals surface area contributed by atoms with Crippen LogP contribution in [0, 0.1) is 0 Å². The first-order valence-electron chi connectivity index (χ1n) is 4.68. The van der Waals surface area contributed by atoms with Crippen LogP contribution in [0.15, 0.2) is 0 Å². The van der Waals surface area contributed by atoms with E-state index >= 15 is 0 Å². The van der Waals surface area contributed by atoms with Crippen LogP contribution in [-0.4, -0.2) is 34.0 Å². The number of carboxylic acid groups (broad SMARTS) is 2. The highest BCUT2D eigenvalue weighted by molar-refractivity contribution is 6.01. The molecule has 7 nitrogen and oxygen atoms in total. The van der Waals surface area contributed by atoms with Gasteiger partial charge < -0.3 is 10.2 Å². The molecule has 90 valence electrons. The predicted octanol–water partition coefficient (Wildman–Crippen LogP) is -0.251. The summed E-state index contributed by atoms with van der Waals surface area (Å²) < 4.78 is 0. The van der Waals surface area contributed by atoms with Crippen molar-refractivity contribution in [3.63, 3.8) is 0 Å². The molecule has 1 fully saturated rings. The highest BCUT2D eigenvalue weighted by atomic mass is 16.4. The number of carbonyl (C=O) groups excluding carboxylic acids is 2. The van der Waals surface area contributed by atoms with Crippen LogP contribution >= 0.6 is 0 Å². The lowest BCUT2D eigenvalue weighted by atomic mass is 10.2. The summed E-state index contributed by atoms with van der Waals surface area (Å²) in [5.74, 6) is -2.19. The topological polar surface area (TPSA) is 121 Å². The maximum atomic E-state index is 10.1. The van der Waals surface area contributed by atoms with E-state index in [1.54, 1.807) is 0 Å². The molecule has 16 heavy (non-hydrogen) atoms. The van der Waals surface area contributed by atoms with E-state index in [4.69, 9.17) is 10.2 Å². The molecule has 1 heterocycles. The molecule has 0 unspecified atom stereocenters. The number of imide groups is 1. The standard InChI is InChI=1S/C5H8O4.C4H5NO2/c6-4(7)2-1-3-5(8)9;6-3-1-2-4(7)5-3/h1-3H2,(H,6,7)(H,8,9);1-2H2,(H,5,6,7).